The molecule has 0 spiro atoms. The van der Waals surface area contributed by atoms with Crippen molar-refractivity contribution in [3.8, 4) is 0 Å². The van der Waals surface area contributed by atoms with E-state index >= 15 is 0 Å². The Labute approximate surface area is 188 Å². The van der Waals surface area contributed by atoms with Crippen molar-refractivity contribution in [3.05, 3.63) is 89.2 Å². The van der Waals surface area contributed by atoms with Gasteiger partial charge in [0.2, 0.25) is 10.0 Å². The molecule has 164 valence electrons. The maximum atomic E-state index is 13.4. The third-order valence-electron chi connectivity index (χ3n) is 4.89. The molecule has 6 nitrogen and oxygen atoms in total. The van der Waals surface area contributed by atoms with Crippen molar-refractivity contribution < 1.29 is 16.8 Å². The minimum Gasteiger partial charge on any atom is -0.264 e. The molecule has 1 N–H and O–H groups in total. The summed E-state index contributed by atoms with van der Waals surface area (Å²) in [7, 11) is -7.83. The zero-order valence-electron chi connectivity index (χ0n) is 17.1. The number of aromatic nitrogens is 1. The summed E-state index contributed by atoms with van der Waals surface area (Å²) in [6, 6.07) is 15.5. The normalized spacial score (nSPS) is 13.3. The van der Waals surface area contributed by atoms with Crippen molar-refractivity contribution in [3.63, 3.8) is 0 Å². The molecule has 31 heavy (non-hydrogen) atoms. The summed E-state index contributed by atoms with van der Waals surface area (Å²) in [5, 5.41) is -0.743. The molecule has 1 aromatic heterocycles. The number of halogens is 1. The lowest BCUT2D eigenvalue weighted by Crippen LogP contribution is -2.32. The van der Waals surface area contributed by atoms with Crippen molar-refractivity contribution in [2.45, 2.75) is 34.8 Å². The van der Waals surface area contributed by atoms with E-state index in [1.165, 1.54) is 36.7 Å². The third kappa shape index (κ3) is 5.51. The smallest absolute Gasteiger partial charge is 0.240 e. The molecule has 0 fully saturated rings. The number of sulfonamides is 1. The van der Waals surface area contributed by atoms with E-state index in [4.69, 9.17) is 11.6 Å². The fourth-order valence-corrected chi connectivity index (χ4v) is 5.99. The molecule has 1 heterocycles. The molecule has 0 amide bonds. The van der Waals surface area contributed by atoms with Crippen LogP contribution in [0, 0.1) is 0 Å². The van der Waals surface area contributed by atoms with E-state index in [-0.39, 0.29) is 22.3 Å². The van der Waals surface area contributed by atoms with Crippen LogP contribution in [0.15, 0.2) is 82.8 Å². The van der Waals surface area contributed by atoms with E-state index in [1.54, 1.807) is 36.4 Å². The van der Waals surface area contributed by atoms with Gasteiger partial charge in [-0.1, -0.05) is 43.6 Å². The molecule has 1 atom stereocenters. The first-order valence-corrected chi connectivity index (χ1v) is 13.0. The third-order valence-corrected chi connectivity index (χ3v) is 8.70. The highest BCUT2D eigenvalue weighted by atomic mass is 35.5. The van der Waals surface area contributed by atoms with E-state index in [9.17, 15) is 16.8 Å². The van der Waals surface area contributed by atoms with Crippen LogP contribution in [0.1, 0.15) is 36.1 Å². The summed E-state index contributed by atoms with van der Waals surface area (Å²) >= 11 is 5.83. The number of sulfone groups is 1. The Balaban J connectivity index is 1.94. The maximum absolute atomic E-state index is 13.4. The van der Waals surface area contributed by atoms with Gasteiger partial charge < -0.3 is 0 Å². The lowest BCUT2D eigenvalue weighted by molar-refractivity contribution is 0.568. The highest BCUT2D eigenvalue weighted by Gasteiger charge is 2.31. The van der Waals surface area contributed by atoms with E-state index in [0.717, 1.165) is 5.56 Å². The van der Waals surface area contributed by atoms with Gasteiger partial charge in [-0.15, -0.1) is 0 Å². The fraction of sp³-hybridized carbons (Fsp3) is 0.227. The van der Waals surface area contributed by atoms with Crippen LogP contribution in [0.5, 0.6) is 0 Å². The molecule has 0 aliphatic rings. The second kappa shape index (κ2) is 9.48. The zero-order valence-corrected chi connectivity index (χ0v) is 19.5. The fourth-order valence-electron chi connectivity index (χ4n) is 3.06. The van der Waals surface area contributed by atoms with E-state index in [2.05, 4.69) is 9.71 Å². The van der Waals surface area contributed by atoms with Crippen molar-refractivity contribution in [1.29, 1.82) is 0 Å². The van der Waals surface area contributed by atoms with Gasteiger partial charge in [0, 0.05) is 24.0 Å². The molecular weight excluding hydrogens is 456 g/mol. The van der Waals surface area contributed by atoms with Crippen molar-refractivity contribution in [2.24, 2.45) is 0 Å². The Kier molecular flexibility index (Phi) is 7.16. The number of nitrogens with one attached hydrogen (secondary N) is 1. The number of pyridine rings is 1. The first-order chi connectivity index (χ1) is 14.6. The minimum absolute atomic E-state index is 0.000482. The van der Waals surface area contributed by atoms with Gasteiger partial charge in [0.1, 0.15) is 5.25 Å². The average Bonchev–Trinajstić information content (AvgIpc) is 2.75. The summed E-state index contributed by atoms with van der Waals surface area (Å²) in [4.78, 5) is 4.13. The monoisotopic (exact) mass is 478 g/mol. The molecule has 0 aliphatic carbocycles. The van der Waals surface area contributed by atoms with Gasteiger partial charge in [0.15, 0.2) is 9.84 Å². The van der Waals surface area contributed by atoms with Gasteiger partial charge >= 0.3 is 0 Å². The number of hydrogen-bond donors (Lipinski definition) is 1. The molecule has 0 saturated carbocycles. The van der Waals surface area contributed by atoms with E-state index in [1.807, 2.05) is 13.8 Å². The zero-order chi connectivity index (χ0) is 22.6. The van der Waals surface area contributed by atoms with Gasteiger partial charge in [-0.2, -0.15) is 0 Å². The second-order valence-corrected chi connectivity index (χ2v) is 11.7. The van der Waals surface area contributed by atoms with Crippen molar-refractivity contribution >= 4 is 31.5 Å². The van der Waals surface area contributed by atoms with Crippen molar-refractivity contribution in [2.75, 3.05) is 6.54 Å². The van der Waals surface area contributed by atoms with Gasteiger partial charge in [0.25, 0.3) is 0 Å². The molecule has 0 radical (unpaired) electrons. The van der Waals surface area contributed by atoms with Crippen LogP contribution in [-0.2, 0) is 19.9 Å². The molecule has 3 rings (SSSR count). The van der Waals surface area contributed by atoms with Crippen molar-refractivity contribution in [1.82, 2.24) is 9.71 Å². The summed E-state index contributed by atoms with van der Waals surface area (Å²) in [6.45, 7) is 3.70. The Bertz CT molecular complexity index is 1230. The highest BCUT2D eigenvalue weighted by molar-refractivity contribution is 7.92. The number of rotatable bonds is 8. The number of nitrogens with zero attached hydrogens (tertiary/aromatic N) is 1. The summed E-state index contributed by atoms with van der Waals surface area (Å²) in [5.74, 6) is 0.261. The van der Waals surface area contributed by atoms with Crippen LogP contribution in [0.3, 0.4) is 0 Å². The quantitative estimate of drug-likeness (QED) is 0.519. The topological polar surface area (TPSA) is 93.2 Å². The average molecular weight is 479 g/mol. The minimum atomic E-state index is -3.93. The molecule has 0 aliphatic heterocycles. The standard InChI is InChI=1S/C22H23ClN2O4S2/c1-16(2)17-5-9-20(10-6-17)30(26,27)22(18-4-3-13-24-14-18)15-25-31(28,29)21-11-7-19(23)8-12-21/h3-14,16,22,25H,15H2,1-2H3. The van der Waals surface area contributed by atoms with Gasteiger partial charge in [-0.05, 0) is 59.5 Å². The Hall–Kier alpha value is -2.26. The predicted octanol–water partition coefficient (Wildman–Crippen LogP) is 4.35. The van der Waals surface area contributed by atoms with E-state index < -0.39 is 25.1 Å². The first kappa shape index (κ1) is 23.4. The first-order valence-electron chi connectivity index (χ1n) is 9.60. The lowest BCUT2D eigenvalue weighted by Gasteiger charge is -2.19. The van der Waals surface area contributed by atoms with Gasteiger partial charge in [0.05, 0.1) is 9.79 Å². The molecular formula is C22H23ClN2O4S2. The van der Waals surface area contributed by atoms with Crippen LogP contribution in [0.2, 0.25) is 5.02 Å². The second-order valence-electron chi connectivity index (χ2n) is 7.35. The largest absolute Gasteiger partial charge is 0.264 e. The van der Waals surface area contributed by atoms with E-state index in [0.29, 0.717) is 10.6 Å². The van der Waals surface area contributed by atoms with Crippen LogP contribution in [-0.4, -0.2) is 28.4 Å². The summed E-state index contributed by atoms with van der Waals surface area (Å²) in [5.41, 5.74) is 1.41. The Morgan fingerprint density at radius 2 is 1.48 bits per heavy atom. The molecule has 0 bridgehead atoms. The van der Waals surface area contributed by atoms with Crippen LogP contribution in [0.4, 0.5) is 0 Å². The summed E-state index contributed by atoms with van der Waals surface area (Å²) < 4.78 is 54.7. The maximum Gasteiger partial charge on any atom is 0.240 e. The lowest BCUT2D eigenvalue weighted by atomic mass is 10.0. The molecule has 2 aromatic carbocycles. The molecule has 1 unspecified atom stereocenters. The Morgan fingerprint density at radius 1 is 0.871 bits per heavy atom. The van der Waals surface area contributed by atoms with Gasteiger partial charge in [-0.3, -0.25) is 4.98 Å². The molecule has 0 saturated heterocycles. The Morgan fingerprint density at radius 3 is 2.03 bits per heavy atom. The number of hydrogen-bond acceptors (Lipinski definition) is 5. The highest BCUT2D eigenvalue weighted by Crippen LogP contribution is 2.29. The number of benzene rings is 2. The van der Waals surface area contributed by atoms with Crippen LogP contribution < -0.4 is 4.72 Å². The predicted molar refractivity (Wildman–Crippen MR) is 121 cm³/mol. The summed E-state index contributed by atoms with van der Waals surface area (Å²) in [6.07, 6.45) is 2.96. The molecule has 9 heteroatoms. The van der Waals surface area contributed by atoms with Crippen LogP contribution in [0.25, 0.3) is 0 Å². The molecule has 3 aromatic rings. The SMILES string of the molecule is CC(C)c1ccc(S(=O)(=O)C(CNS(=O)(=O)c2ccc(Cl)cc2)c2cccnc2)cc1. The van der Waals surface area contributed by atoms with Crippen LogP contribution >= 0.6 is 11.6 Å². The van der Waals surface area contributed by atoms with Gasteiger partial charge in [-0.25, -0.2) is 21.6 Å².